The zero-order chi connectivity index (χ0) is 26.2. The summed E-state index contributed by atoms with van der Waals surface area (Å²) in [7, 11) is 3.60. The van der Waals surface area contributed by atoms with E-state index in [0.717, 1.165) is 19.5 Å². The fourth-order valence-corrected chi connectivity index (χ4v) is 4.21. The zero-order valence-corrected chi connectivity index (χ0v) is 21.5. The van der Waals surface area contributed by atoms with E-state index in [1.807, 2.05) is 30.0 Å². The third-order valence-corrected chi connectivity index (χ3v) is 5.90. The number of benzene rings is 2. The lowest BCUT2D eigenvalue weighted by atomic mass is 9.98. The van der Waals surface area contributed by atoms with Gasteiger partial charge in [0.1, 0.15) is 0 Å². The second-order valence-electron chi connectivity index (χ2n) is 9.07. The van der Waals surface area contributed by atoms with Crippen molar-refractivity contribution in [1.82, 2.24) is 9.80 Å². The molecule has 1 aliphatic rings. The first-order chi connectivity index (χ1) is 17.2. The number of amidine groups is 1. The Kier molecular flexibility index (Phi) is 9.19. The Hall–Kier alpha value is -3.72. The van der Waals surface area contributed by atoms with Crippen LogP contribution in [-0.4, -0.2) is 66.1 Å². The van der Waals surface area contributed by atoms with Gasteiger partial charge in [-0.2, -0.15) is 4.99 Å². The summed E-state index contributed by atoms with van der Waals surface area (Å²) >= 11 is 0. The molecule has 0 fully saturated rings. The minimum atomic E-state index is -0.496. The average molecular weight is 495 g/mol. The van der Waals surface area contributed by atoms with Gasteiger partial charge in [0.2, 0.25) is 0 Å². The van der Waals surface area contributed by atoms with E-state index in [1.54, 1.807) is 26.0 Å². The Morgan fingerprint density at radius 3 is 2.56 bits per heavy atom. The van der Waals surface area contributed by atoms with E-state index >= 15 is 0 Å². The minimum Gasteiger partial charge on any atom is -0.468 e. The van der Waals surface area contributed by atoms with E-state index in [1.165, 1.54) is 24.8 Å². The highest BCUT2D eigenvalue weighted by molar-refractivity contribution is 6.03. The molecule has 2 aromatic carbocycles. The van der Waals surface area contributed by atoms with Gasteiger partial charge in [0.15, 0.2) is 0 Å². The van der Waals surface area contributed by atoms with Gasteiger partial charge >= 0.3 is 5.97 Å². The molecular weight excluding hydrogens is 460 g/mol. The Morgan fingerprint density at radius 2 is 1.92 bits per heavy atom. The number of nitro groups is 1. The highest BCUT2D eigenvalue weighted by Crippen LogP contribution is 2.32. The predicted octanol–water partition coefficient (Wildman–Crippen LogP) is 4.49. The fourth-order valence-electron chi connectivity index (χ4n) is 4.21. The number of aliphatic imine (C=N–C) groups is 1. The van der Waals surface area contributed by atoms with Crippen molar-refractivity contribution in [2.75, 3.05) is 27.2 Å². The van der Waals surface area contributed by atoms with Gasteiger partial charge in [-0.05, 0) is 46.3 Å². The third kappa shape index (κ3) is 6.69. The van der Waals surface area contributed by atoms with Crippen molar-refractivity contribution in [3.8, 4) is 0 Å². The van der Waals surface area contributed by atoms with Gasteiger partial charge < -0.3 is 19.3 Å². The van der Waals surface area contributed by atoms with Gasteiger partial charge in [-0.3, -0.25) is 10.1 Å². The van der Waals surface area contributed by atoms with E-state index in [0.29, 0.717) is 29.4 Å². The first-order valence-electron chi connectivity index (χ1n) is 12.0. The molecule has 0 N–H and O–H groups in total. The molecule has 9 heteroatoms. The number of nitro benzene ring substituents is 1. The van der Waals surface area contributed by atoms with Crippen molar-refractivity contribution in [2.24, 2.45) is 4.99 Å². The Balaban J connectivity index is 1.85. The summed E-state index contributed by atoms with van der Waals surface area (Å²) in [5.41, 5.74) is 2.30. The number of ether oxygens (including phenoxy) is 2. The quantitative estimate of drug-likeness (QED) is 0.273. The van der Waals surface area contributed by atoms with Crippen molar-refractivity contribution < 1.29 is 19.2 Å². The highest BCUT2D eigenvalue weighted by Gasteiger charge is 2.35. The molecule has 0 radical (unpaired) electrons. The molecule has 0 aliphatic carbocycles. The number of rotatable bonds is 10. The van der Waals surface area contributed by atoms with Gasteiger partial charge in [0.25, 0.3) is 11.7 Å². The van der Waals surface area contributed by atoms with Gasteiger partial charge in [0, 0.05) is 30.8 Å². The van der Waals surface area contributed by atoms with E-state index in [-0.39, 0.29) is 11.8 Å². The first kappa shape index (κ1) is 26.9. The van der Waals surface area contributed by atoms with E-state index in [2.05, 4.69) is 29.1 Å². The highest BCUT2D eigenvalue weighted by atomic mass is 16.6. The van der Waals surface area contributed by atoms with E-state index in [4.69, 9.17) is 9.47 Å². The molecule has 1 unspecified atom stereocenters. The standard InChI is InChI=1S/C27H34N4O5/c1-19(2)36-26(32)24-20(3)30(16-10-15-29(4)18-21-11-7-6-8-12-21)27(35-5)28-25(24)22-13-9-14-23(17-22)31(33)34/h6-9,11-14,17,19-20H,10,15-16,18H2,1-5H3. The number of methoxy groups -OCH3 is 1. The number of carbonyl (C=O) groups is 1. The Morgan fingerprint density at radius 1 is 1.19 bits per heavy atom. The topological polar surface area (TPSA) is 97.5 Å². The number of hydrogen-bond acceptors (Lipinski definition) is 8. The van der Waals surface area contributed by atoms with Crippen LogP contribution >= 0.6 is 0 Å². The van der Waals surface area contributed by atoms with Crippen molar-refractivity contribution in [3.05, 3.63) is 81.4 Å². The summed E-state index contributed by atoms with van der Waals surface area (Å²) in [5, 5.41) is 11.3. The molecule has 9 nitrogen and oxygen atoms in total. The van der Waals surface area contributed by atoms with Crippen LogP contribution in [-0.2, 0) is 20.8 Å². The third-order valence-electron chi connectivity index (χ3n) is 5.90. The van der Waals surface area contributed by atoms with Crippen LogP contribution in [0.2, 0.25) is 0 Å². The van der Waals surface area contributed by atoms with Crippen LogP contribution in [0.25, 0.3) is 5.70 Å². The van der Waals surface area contributed by atoms with E-state index < -0.39 is 16.9 Å². The lowest BCUT2D eigenvalue weighted by Gasteiger charge is -2.36. The Bertz CT molecular complexity index is 1130. The van der Waals surface area contributed by atoms with Crippen molar-refractivity contribution >= 4 is 23.4 Å². The SMILES string of the molecule is COC1=NC(c2cccc([N+](=O)[O-])c2)=C(C(=O)OC(C)C)C(C)N1CCCN(C)Cc1ccccc1. The summed E-state index contributed by atoms with van der Waals surface area (Å²) in [6.07, 6.45) is 0.491. The second kappa shape index (κ2) is 12.3. The number of hydrogen-bond donors (Lipinski definition) is 0. The largest absolute Gasteiger partial charge is 0.468 e. The molecule has 0 saturated carbocycles. The lowest BCUT2D eigenvalue weighted by molar-refractivity contribution is -0.384. The molecular formula is C27H34N4O5. The number of nitrogens with zero attached hydrogens (tertiary/aromatic N) is 4. The monoisotopic (exact) mass is 494 g/mol. The van der Waals surface area contributed by atoms with Gasteiger partial charge in [-0.25, -0.2) is 4.79 Å². The summed E-state index contributed by atoms with van der Waals surface area (Å²) in [5.74, 6) is -0.496. The predicted molar refractivity (Wildman–Crippen MR) is 139 cm³/mol. The van der Waals surface area contributed by atoms with Crippen LogP contribution < -0.4 is 0 Å². The molecule has 0 saturated heterocycles. The van der Waals surface area contributed by atoms with E-state index in [9.17, 15) is 14.9 Å². The molecule has 0 bridgehead atoms. The van der Waals surface area contributed by atoms with Crippen LogP contribution in [0.1, 0.15) is 38.3 Å². The zero-order valence-electron chi connectivity index (χ0n) is 21.5. The smallest absolute Gasteiger partial charge is 0.338 e. The van der Waals surface area contributed by atoms with Gasteiger partial charge in [0.05, 0.1) is 35.4 Å². The number of esters is 1. The molecule has 1 heterocycles. The maximum absolute atomic E-state index is 13.2. The second-order valence-corrected chi connectivity index (χ2v) is 9.07. The van der Waals surface area contributed by atoms with Crippen LogP contribution in [0.4, 0.5) is 5.69 Å². The first-order valence-corrected chi connectivity index (χ1v) is 12.0. The van der Waals surface area contributed by atoms with Crippen molar-refractivity contribution in [1.29, 1.82) is 0 Å². The number of carbonyl (C=O) groups excluding carboxylic acids is 1. The summed E-state index contributed by atoms with van der Waals surface area (Å²) in [4.78, 5) is 32.9. The van der Waals surface area contributed by atoms with Crippen LogP contribution in [0.15, 0.2) is 65.2 Å². The minimum absolute atomic E-state index is 0.0812. The summed E-state index contributed by atoms with van der Waals surface area (Å²) in [6.45, 7) is 7.74. The molecule has 0 amide bonds. The van der Waals surface area contributed by atoms with Crippen LogP contribution in [0.5, 0.6) is 0 Å². The molecule has 1 atom stereocenters. The lowest BCUT2D eigenvalue weighted by Crippen LogP contribution is -2.46. The normalized spacial score (nSPS) is 15.8. The van der Waals surface area contributed by atoms with Gasteiger partial charge in [-0.15, -0.1) is 0 Å². The maximum atomic E-state index is 13.2. The van der Waals surface area contributed by atoms with Gasteiger partial charge in [-0.1, -0.05) is 42.5 Å². The van der Waals surface area contributed by atoms with Crippen LogP contribution in [0.3, 0.4) is 0 Å². The summed E-state index contributed by atoms with van der Waals surface area (Å²) in [6, 6.07) is 16.3. The molecule has 3 rings (SSSR count). The van der Waals surface area contributed by atoms with Crippen molar-refractivity contribution in [2.45, 2.75) is 45.9 Å². The molecule has 1 aliphatic heterocycles. The molecule has 0 spiro atoms. The Labute approximate surface area is 212 Å². The summed E-state index contributed by atoms with van der Waals surface area (Å²) < 4.78 is 11.1. The molecule has 0 aromatic heterocycles. The maximum Gasteiger partial charge on any atom is 0.338 e. The fraction of sp³-hybridized carbons (Fsp3) is 0.407. The van der Waals surface area contributed by atoms with Crippen molar-refractivity contribution in [3.63, 3.8) is 0 Å². The molecule has 192 valence electrons. The molecule has 2 aromatic rings. The average Bonchev–Trinajstić information content (AvgIpc) is 2.84. The molecule has 36 heavy (non-hydrogen) atoms. The number of non-ortho nitro benzene ring substituents is 1. The van der Waals surface area contributed by atoms with Crippen LogP contribution in [0, 0.1) is 10.1 Å².